The minimum atomic E-state index is 0. The molecule has 0 aromatic rings. The van der Waals surface area contributed by atoms with Gasteiger partial charge in [0, 0.05) is 34.2 Å². The van der Waals surface area contributed by atoms with E-state index in [2.05, 4.69) is 33.0 Å². The van der Waals surface area contributed by atoms with Crippen molar-refractivity contribution in [3.63, 3.8) is 0 Å². The minimum absolute atomic E-state index is 0. The van der Waals surface area contributed by atoms with Gasteiger partial charge < -0.3 is 15.8 Å². The third-order valence-corrected chi connectivity index (χ3v) is 5.31. The van der Waals surface area contributed by atoms with Crippen molar-refractivity contribution >= 4 is 12.8 Å². The van der Waals surface area contributed by atoms with Gasteiger partial charge in [0.05, 0.1) is 0 Å². The van der Waals surface area contributed by atoms with E-state index in [4.69, 9.17) is 10.5 Å². The van der Waals surface area contributed by atoms with E-state index in [-0.39, 0.29) is 28.1 Å². The first-order chi connectivity index (χ1) is 9.52. The molecule has 0 aromatic carbocycles. The van der Waals surface area contributed by atoms with Crippen molar-refractivity contribution in [3.8, 4) is 0 Å². The predicted molar refractivity (Wildman–Crippen MR) is 83.2 cm³/mol. The maximum absolute atomic E-state index is 10.7. The van der Waals surface area contributed by atoms with E-state index in [0.29, 0.717) is 11.5 Å². The molecule has 122 valence electrons. The first-order valence-electron chi connectivity index (χ1n) is 7.82. The summed E-state index contributed by atoms with van der Waals surface area (Å²) in [7, 11) is 0. The van der Waals surface area contributed by atoms with Gasteiger partial charge in [0.1, 0.15) is 0 Å². The van der Waals surface area contributed by atoms with Gasteiger partial charge in [-0.15, -0.1) is 0 Å². The Balaban J connectivity index is 0. The van der Waals surface area contributed by atoms with Crippen molar-refractivity contribution in [2.45, 2.75) is 72.3 Å². The van der Waals surface area contributed by atoms with Gasteiger partial charge >= 0.3 is 0 Å². The predicted octanol–water partition coefficient (Wildman–Crippen LogP) is 3.95. The van der Waals surface area contributed by atoms with Crippen LogP contribution in [0, 0.1) is 17.3 Å². The van der Waals surface area contributed by atoms with Crippen molar-refractivity contribution in [3.05, 3.63) is 5.73 Å². The molecule has 2 N–H and O–H groups in total. The van der Waals surface area contributed by atoms with Gasteiger partial charge in [-0.05, 0) is 36.5 Å². The zero-order valence-electron chi connectivity index (χ0n) is 13.9. The van der Waals surface area contributed by atoms with Gasteiger partial charge in [-0.1, -0.05) is 47.0 Å². The molecule has 1 aliphatic rings. The van der Waals surface area contributed by atoms with E-state index in [1.807, 2.05) is 0 Å². The third-order valence-electron chi connectivity index (χ3n) is 5.31. The summed E-state index contributed by atoms with van der Waals surface area (Å²) in [5.74, 6) is 1.52. The van der Waals surface area contributed by atoms with Crippen molar-refractivity contribution < 1.29 is 31.3 Å². The first-order valence-corrected chi connectivity index (χ1v) is 7.82. The molecule has 0 spiro atoms. The zero-order chi connectivity index (χ0) is 15.6. The molecule has 0 heterocycles. The second-order valence-electron chi connectivity index (χ2n) is 6.05. The summed E-state index contributed by atoms with van der Waals surface area (Å²) < 4.78 is 0. The average molecular weight is 331 g/mol. The fourth-order valence-corrected chi connectivity index (χ4v) is 3.77. The quantitative estimate of drug-likeness (QED) is 0.591. The van der Waals surface area contributed by atoms with Crippen LogP contribution in [0.25, 0.3) is 5.73 Å². The van der Waals surface area contributed by atoms with Gasteiger partial charge in [-0.3, -0.25) is 4.79 Å². The fraction of sp³-hybridized carbons (Fsp3) is 0.875. The number of amides is 2. The van der Waals surface area contributed by atoms with E-state index in [1.54, 1.807) is 0 Å². The second kappa shape index (κ2) is 12.2. The summed E-state index contributed by atoms with van der Waals surface area (Å²) in [5, 5.41) is 3.02. The van der Waals surface area contributed by atoms with E-state index >= 15 is 0 Å². The molecular formula is C16H31N2O2Ti-. The van der Waals surface area contributed by atoms with Gasteiger partial charge in [-0.2, -0.15) is 0 Å². The van der Waals surface area contributed by atoms with Crippen LogP contribution in [-0.4, -0.2) is 18.9 Å². The average Bonchev–Trinajstić information content (AvgIpc) is 2.46. The number of rotatable bonds is 6. The van der Waals surface area contributed by atoms with E-state index < -0.39 is 0 Å². The van der Waals surface area contributed by atoms with Crippen molar-refractivity contribution in [1.82, 2.24) is 5.32 Å². The summed E-state index contributed by atoms with van der Waals surface area (Å²) in [5.41, 5.74) is 5.97. The van der Waals surface area contributed by atoms with Gasteiger partial charge in [-0.25, -0.2) is 0 Å². The first kappa shape index (κ1) is 22.9. The molecule has 5 heteroatoms. The molecule has 4 nitrogen and oxygen atoms in total. The molecule has 2 amide bonds. The Hall–Kier alpha value is -0.346. The summed E-state index contributed by atoms with van der Waals surface area (Å²) in [4.78, 5) is 19.1. The minimum Gasteiger partial charge on any atom is -0.671 e. The summed E-state index contributed by atoms with van der Waals surface area (Å²) >= 11 is 0. The van der Waals surface area contributed by atoms with E-state index in [9.17, 15) is 4.79 Å². The molecule has 1 saturated carbocycles. The van der Waals surface area contributed by atoms with E-state index in [1.165, 1.54) is 32.1 Å². The molecule has 0 saturated heterocycles. The Morgan fingerprint density at radius 2 is 1.71 bits per heavy atom. The summed E-state index contributed by atoms with van der Waals surface area (Å²) in [6, 6.07) is 0.407. The van der Waals surface area contributed by atoms with E-state index in [0.717, 1.165) is 24.7 Å². The van der Waals surface area contributed by atoms with Crippen molar-refractivity contribution in [2.75, 3.05) is 0 Å². The molecule has 1 rings (SSSR count). The summed E-state index contributed by atoms with van der Waals surface area (Å²) in [6.07, 6.45) is 8.32. The van der Waals surface area contributed by atoms with Crippen LogP contribution in [0.15, 0.2) is 0 Å². The molecule has 0 radical (unpaired) electrons. The molecular weight excluding hydrogens is 300 g/mol. The normalized spacial score (nSPS) is 27.1. The molecule has 3 atom stereocenters. The van der Waals surface area contributed by atoms with Crippen LogP contribution in [0.2, 0.25) is 0 Å². The SMILES string of the molecule is CCC(C)C1(C(C)CC)CCCC(NC=O)C1.[NH-]C=O.[Ti]. The van der Waals surface area contributed by atoms with Crippen LogP contribution in [-0.2, 0) is 31.3 Å². The van der Waals surface area contributed by atoms with Crippen molar-refractivity contribution in [1.29, 1.82) is 0 Å². The number of hydrogen-bond acceptors (Lipinski definition) is 2. The van der Waals surface area contributed by atoms with Crippen LogP contribution >= 0.6 is 0 Å². The Morgan fingerprint density at radius 1 is 1.24 bits per heavy atom. The van der Waals surface area contributed by atoms with Crippen molar-refractivity contribution in [2.24, 2.45) is 17.3 Å². The van der Waals surface area contributed by atoms with Crippen LogP contribution in [0.3, 0.4) is 0 Å². The van der Waals surface area contributed by atoms with Gasteiger partial charge in [0.25, 0.3) is 0 Å². The number of carbonyl (C=O) groups is 2. The van der Waals surface area contributed by atoms with Crippen LogP contribution in [0.5, 0.6) is 0 Å². The van der Waals surface area contributed by atoms with Crippen LogP contribution in [0.1, 0.15) is 66.2 Å². The molecule has 0 aliphatic heterocycles. The van der Waals surface area contributed by atoms with Gasteiger partial charge in [0.2, 0.25) is 6.41 Å². The number of carbonyl (C=O) groups excluding carboxylic acids is 2. The standard InChI is InChI=1S/C15H29NO.CH3NO.Ti/c1-5-12(3)15(13(4)6-2)9-7-8-14(10-15)16-11-17;2-1-3;/h11-14H,5-10H2,1-4H3,(H,16,17);1H,(H2,2,3);/p-1. The number of nitrogens with one attached hydrogen (secondary N) is 2. The molecule has 0 bridgehead atoms. The fourth-order valence-electron chi connectivity index (χ4n) is 3.77. The zero-order valence-corrected chi connectivity index (χ0v) is 15.5. The van der Waals surface area contributed by atoms with Crippen LogP contribution < -0.4 is 5.32 Å². The smallest absolute Gasteiger partial charge is 0.207 e. The molecule has 1 aliphatic carbocycles. The maximum atomic E-state index is 10.7. The monoisotopic (exact) mass is 331 g/mol. The Morgan fingerprint density at radius 3 is 2.10 bits per heavy atom. The Labute approximate surface area is 144 Å². The third kappa shape index (κ3) is 6.52. The largest absolute Gasteiger partial charge is 0.671 e. The number of hydrogen-bond donors (Lipinski definition) is 1. The topological polar surface area (TPSA) is 70.0 Å². The maximum Gasteiger partial charge on any atom is 0.207 e. The Kier molecular flexibility index (Phi) is 13.3. The molecule has 0 aromatic heterocycles. The molecule has 1 fully saturated rings. The Bertz CT molecular complexity index is 277. The van der Waals surface area contributed by atoms with Crippen LogP contribution in [0.4, 0.5) is 0 Å². The molecule has 21 heavy (non-hydrogen) atoms. The summed E-state index contributed by atoms with van der Waals surface area (Å²) in [6.45, 7) is 9.39. The van der Waals surface area contributed by atoms with Gasteiger partial charge in [0.15, 0.2) is 0 Å². The second-order valence-corrected chi connectivity index (χ2v) is 6.05. The molecule has 3 unspecified atom stereocenters.